The first-order valence-corrected chi connectivity index (χ1v) is 6.38. The third-order valence-corrected chi connectivity index (χ3v) is 3.49. The fourth-order valence-corrected chi connectivity index (χ4v) is 2.55. The zero-order valence-corrected chi connectivity index (χ0v) is 11.6. The Kier molecular flexibility index (Phi) is 4.11. The summed E-state index contributed by atoms with van der Waals surface area (Å²) in [4.78, 5) is 10.6. The number of halogens is 1. The minimum absolute atomic E-state index is 0.337. The van der Waals surface area contributed by atoms with Crippen molar-refractivity contribution < 1.29 is 9.47 Å². The van der Waals surface area contributed by atoms with Gasteiger partial charge in [0.1, 0.15) is 0 Å². The smallest absolute Gasteiger partial charge is 0.231 e. The number of methoxy groups -OCH3 is 2. The lowest BCUT2D eigenvalue weighted by atomic mass is 9.84. The molecule has 18 heavy (non-hydrogen) atoms. The van der Waals surface area contributed by atoms with Crippen molar-refractivity contribution in [2.75, 3.05) is 32.7 Å². The third kappa shape index (κ3) is 2.96. The lowest BCUT2D eigenvalue weighted by Gasteiger charge is -2.34. The van der Waals surface area contributed by atoms with Gasteiger partial charge in [0, 0.05) is 19.0 Å². The fraction of sp³-hybridized carbons (Fsp3) is 0.667. The van der Waals surface area contributed by atoms with Gasteiger partial charge >= 0.3 is 0 Å². The summed E-state index contributed by atoms with van der Waals surface area (Å²) in [5, 5.41) is 0.337. The molecule has 5 nitrogen and oxygen atoms in total. The highest BCUT2D eigenvalue weighted by Crippen LogP contribution is 2.33. The van der Waals surface area contributed by atoms with E-state index in [0.29, 0.717) is 29.0 Å². The second kappa shape index (κ2) is 5.61. The molecule has 100 valence electrons. The average Bonchev–Trinajstić information content (AvgIpc) is 2.36. The molecular formula is C12H18ClN3O2. The molecule has 0 spiro atoms. The molecule has 6 heteroatoms. The second-order valence-corrected chi connectivity index (χ2v) is 5.19. The number of rotatable bonds is 5. The Morgan fingerprint density at radius 2 is 1.83 bits per heavy atom. The predicted octanol–water partition coefficient (Wildman–Crippen LogP) is 1.95. The van der Waals surface area contributed by atoms with Crippen LogP contribution in [0, 0.1) is 5.92 Å². The Bertz CT molecular complexity index is 388. The molecule has 0 saturated heterocycles. The molecule has 1 aromatic rings. The van der Waals surface area contributed by atoms with Gasteiger partial charge in [-0.15, -0.1) is 11.6 Å². The van der Waals surface area contributed by atoms with Crippen LogP contribution in [-0.4, -0.2) is 43.2 Å². The number of nitrogens with zero attached hydrogens (tertiary/aromatic N) is 3. The van der Waals surface area contributed by atoms with Crippen LogP contribution in [0.5, 0.6) is 11.8 Å². The zero-order valence-electron chi connectivity index (χ0n) is 10.9. The van der Waals surface area contributed by atoms with Gasteiger partial charge in [-0.2, -0.15) is 9.97 Å². The van der Waals surface area contributed by atoms with Crippen molar-refractivity contribution in [3.8, 4) is 11.8 Å². The van der Waals surface area contributed by atoms with Crippen LogP contribution in [0.25, 0.3) is 0 Å². The normalized spacial score (nSPS) is 22.2. The quantitative estimate of drug-likeness (QED) is 0.766. The van der Waals surface area contributed by atoms with Crippen molar-refractivity contribution in [2.24, 2.45) is 5.92 Å². The van der Waals surface area contributed by atoms with E-state index >= 15 is 0 Å². The summed E-state index contributed by atoms with van der Waals surface area (Å²) in [5.41, 5.74) is 0. The molecule has 0 bridgehead atoms. The molecule has 0 aliphatic heterocycles. The predicted molar refractivity (Wildman–Crippen MR) is 70.8 cm³/mol. The van der Waals surface area contributed by atoms with Crippen LogP contribution in [-0.2, 0) is 0 Å². The van der Waals surface area contributed by atoms with Crippen molar-refractivity contribution in [1.82, 2.24) is 9.97 Å². The highest BCUT2D eigenvalue weighted by molar-refractivity contribution is 6.21. The summed E-state index contributed by atoms with van der Waals surface area (Å²) in [6, 6.07) is 1.66. The lowest BCUT2D eigenvalue weighted by molar-refractivity contribution is 0.326. The van der Waals surface area contributed by atoms with Crippen molar-refractivity contribution in [2.45, 2.75) is 18.2 Å². The molecule has 1 heterocycles. The first-order chi connectivity index (χ1) is 8.62. The highest BCUT2D eigenvalue weighted by Gasteiger charge is 2.28. The van der Waals surface area contributed by atoms with Crippen molar-refractivity contribution in [3.05, 3.63) is 6.07 Å². The molecule has 2 rings (SSSR count). The van der Waals surface area contributed by atoms with Gasteiger partial charge in [-0.1, -0.05) is 0 Å². The van der Waals surface area contributed by atoms with E-state index < -0.39 is 0 Å². The topological polar surface area (TPSA) is 47.5 Å². The average molecular weight is 272 g/mol. The molecule has 0 radical (unpaired) electrons. The summed E-state index contributed by atoms with van der Waals surface area (Å²) in [5.74, 6) is 2.25. The summed E-state index contributed by atoms with van der Waals surface area (Å²) < 4.78 is 10.3. The van der Waals surface area contributed by atoms with Gasteiger partial charge in [-0.3, -0.25) is 0 Å². The molecule has 1 aliphatic carbocycles. The van der Waals surface area contributed by atoms with Gasteiger partial charge in [0.15, 0.2) is 0 Å². The maximum Gasteiger partial charge on any atom is 0.231 e. The van der Waals surface area contributed by atoms with Crippen LogP contribution < -0.4 is 14.4 Å². The minimum Gasteiger partial charge on any atom is -0.481 e. The first kappa shape index (κ1) is 13.2. The summed E-state index contributed by atoms with van der Waals surface area (Å²) >= 11 is 5.98. The summed E-state index contributed by atoms with van der Waals surface area (Å²) in [7, 11) is 5.13. The van der Waals surface area contributed by atoms with Crippen molar-refractivity contribution >= 4 is 17.5 Å². The Morgan fingerprint density at radius 1 is 1.28 bits per heavy atom. The van der Waals surface area contributed by atoms with Crippen LogP contribution in [0.15, 0.2) is 6.07 Å². The number of hydrogen-bond acceptors (Lipinski definition) is 5. The van der Waals surface area contributed by atoms with Gasteiger partial charge in [0.2, 0.25) is 17.7 Å². The van der Waals surface area contributed by atoms with Gasteiger partial charge in [-0.25, -0.2) is 0 Å². The Morgan fingerprint density at radius 3 is 2.28 bits per heavy atom. The van der Waals surface area contributed by atoms with E-state index in [2.05, 4.69) is 9.97 Å². The first-order valence-electron chi connectivity index (χ1n) is 5.94. The Labute approximate surface area is 112 Å². The number of ether oxygens (including phenoxy) is 2. The molecule has 0 aromatic carbocycles. The van der Waals surface area contributed by atoms with Crippen LogP contribution in [0.1, 0.15) is 12.8 Å². The maximum atomic E-state index is 5.98. The second-order valence-electron chi connectivity index (χ2n) is 4.57. The number of alkyl halides is 1. The summed E-state index contributed by atoms with van der Waals surface area (Å²) in [6.45, 7) is 0.902. The molecule has 1 saturated carbocycles. The van der Waals surface area contributed by atoms with Crippen LogP contribution in [0.2, 0.25) is 0 Å². The standard InChI is InChI=1S/C12H18ClN3O2/c1-16(7-8-4-9(13)5-8)12-14-10(17-2)6-11(15-12)18-3/h6,8-9H,4-5,7H2,1-3H3. The van der Waals surface area contributed by atoms with E-state index in [1.165, 1.54) is 0 Å². The molecule has 0 N–H and O–H groups in total. The van der Waals surface area contributed by atoms with Crippen molar-refractivity contribution in [1.29, 1.82) is 0 Å². The third-order valence-electron chi connectivity index (χ3n) is 3.14. The molecule has 0 atom stereocenters. The Balaban J connectivity index is 2.06. The van der Waals surface area contributed by atoms with Gasteiger partial charge in [-0.05, 0) is 18.8 Å². The van der Waals surface area contributed by atoms with Crippen LogP contribution in [0.4, 0.5) is 5.95 Å². The van der Waals surface area contributed by atoms with E-state index in [0.717, 1.165) is 19.4 Å². The Hall–Kier alpha value is -1.23. The number of anilines is 1. The number of aromatic nitrogens is 2. The van der Waals surface area contributed by atoms with Crippen LogP contribution in [0.3, 0.4) is 0 Å². The van der Waals surface area contributed by atoms with Gasteiger partial charge in [0.25, 0.3) is 0 Å². The monoisotopic (exact) mass is 271 g/mol. The van der Waals surface area contributed by atoms with Gasteiger partial charge in [0.05, 0.1) is 20.3 Å². The van der Waals surface area contributed by atoms with E-state index in [4.69, 9.17) is 21.1 Å². The van der Waals surface area contributed by atoms with Gasteiger partial charge < -0.3 is 14.4 Å². The summed E-state index contributed by atoms with van der Waals surface area (Å²) in [6.07, 6.45) is 2.12. The number of hydrogen-bond donors (Lipinski definition) is 0. The molecule has 1 aromatic heterocycles. The lowest BCUT2D eigenvalue weighted by Crippen LogP contribution is -2.35. The molecular weight excluding hydrogens is 254 g/mol. The zero-order chi connectivity index (χ0) is 13.1. The van der Waals surface area contributed by atoms with E-state index in [1.807, 2.05) is 11.9 Å². The minimum atomic E-state index is 0.337. The van der Waals surface area contributed by atoms with E-state index in [9.17, 15) is 0 Å². The van der Waals surface area contributed by atoms with Crippen LogP contribution >= 0.6 is 11.6 Å². The largest absolute Gasteiger partial charge is 0.481 e. The molecule has 1 fully saturated rings. The maximum absolute atomic E-state index is 5.98. The fourth-order valence-electron chi connectivity index (χ4n) is 2.04. The van der Waals surface area contributed by atoms with E-state index in [1.54, 1.807) is 20.3 Å². The van der Waals surface area contributed by atoms with Crippen molar-refractivity contribution in [3.63, 3.8) is 0 Å². The molecule has 1 aliphatic rings. The molecule has 0 unspecified atom stereocenters. The highest BCUT2D eigenvalue weighted by atomic mass is 35.5. The van der Waals surface area contributed by atoms with E-state index in [-0.39, 0.29) is 0 Å². The molecule has 0 amide bonds. The SMILES string of the molecule is COc1cc(OC)nc(N(C)CC2CC(Cl)C2)n1.